The van der Waals surface area contributed by atoms with Crippen molar-refractivity contribution in [2.75, 3.05) is 7.11 Å². The second-order valence-corrected chi connectivity index (χ2v) is 3.61. The minimum absolute atomic E-state index is 0. The zero-order valence-corrected chi connectivity index (χ0v) is 9.56. The molecule has 0 heterocycles. The largest absolute Gasteiger partial charge is 0.469 e. The van der Waals surface area contributed by atoms with Gasteiger partial charge in [0.05, 0.1) is 13.0 Å². The van der Waals surface area contributed by atoms with E-state index in [0.29, 0.717) is 5.92 Å². The van der Waals surface area contributed by atoms with Gasteiger partial charge in [-0.15, -0.1) is 12.4 Å². The number of methoxy groups -OCH3 is 1. The van der Waals surface area contributed by atoms with Gasteiger partial charge in [-0.25, -0.2) is 0 Å². The fraction of sp³-hybridized carbons (Fsp3) is 0.889. The van der Waals surface area contributed by atoms with Crippen molar-refractivity contribution in [3.63, 3.8) is 0 Å². The molecule has 0 radical (unpaired) electrons. The summed E-state index contributed by atoms with van der Waals surface area (Å²) in [5.74, 6) is 0.104. The van der Waals surface area contributed by atoms with E-state index in [1.54, 1.807) is 6.92 Å². The Hall–Kier alpha value is -0.280. The van der Waals surface area contributed by atoms with Gasteiger partial charge in [0.2, 0.25) is 0 Å². The van der Waals surface area contributed by atoms with Gasteiger partial charge in [-0.2, -0.15) is 0 Å². The van der Waals surface area contributed by atoms with Gasteiger partial charge in [0, 0.05) is 6.04 Å². The number of carbonyl (C=O) groups excluding carboxylic acids is 1. The number of nitrogens with two attached hydrogens (primary N) is 1. The van der Waals surface area contributed by atoms with Gasteiger partial charge in [0.15, 0.2) is 0 Å². The Morgan fingerprint density at radius 1 is 1.38 bits per heavy atom. The molecule has 0 bridgehead atoms. The van der Waals surface area contributed by atoms with E-state index in [1.165, 1.54) is 7.11 Å². The van der Waals surface area contributed by atoms with Crippen LogP contribution in [0.3, 0.4) is 0 Å². The van der Waals surface area contributed by atoms with Crippen LogP contribution in [-0.2, 0) is 9.53 Å². The number of rotatable bonds is 4. The van der Waals surface area contributed by atoms with Crippen LogP contribution < -0.4 is 5.73 Å². The van der Waals surface area contributed by atoms with E-state index in [2.05, 4.69) is 18.6 Å². The molecule has 2 atom stereocenters. The van der Waals surface area contributed by atoms with E-state index in [9.17, 15) is 4.79 Å². The van der Waals surface area contributed by atoms with Crippen molar-refractivity contribution < 1.29 is 9.53 Å². The molecule has 13 heavy (non-hydrogen) atoms. The minimum Gasteiger partial charge on any atom is -0.469 e. The molecule has 0 rings (SSSR count). The SMILES string of the molecule is COC(=O)[C@@H](C)[C@H](N)CC(C)C.Cl. The lowest BCUT2D eigenvalue weighted by Crippen LogP contribution is -2.35. The maximum Gasteiger partial charge on any atom is 0.309 e. The summed E-state index contributed by atoms with van der Waals surface area (Å²) in [6.45, 7) is 5.98. The standard InChI is InChI=1S/C9H19NO2.ClH/c1-6(2)5-8(10)7(3)9(11)12-4;/h6-8H,5,10H2,1-4H3;1H/t7-,8+;/m0./s1. The number of hydrogen-bond donors (Lipinski definition) is 1. The van der Waals surface area contributed by atoms with Crippen LogP contribution in [0, 0.1) is 11.8 Å². The van der Waals surface area contributed by atoms with Gasteiger partial charge in [0.1, 0.15) is 0 Å². The van der Waals surface area contributed by atoms with Gasteiger partial charge in [-0.05, 0) is 12.3 Å². The molecule has 0 aromatic heterocycles. The first-order valence-electron chi connectivity index (χ1n) is 4.32. The molecule has 0 aromatic carbocycles. The molecule has 0 saturated carbocycles. The molecule has 0 saturated heterocycles. The monoisotopic (exact) mass is 209 g/mol. The maximum absolute atomic E-state index is 11.0. The van der Waals surface area contributed by atoms with Crippen molar-refractivity contribution in [1.29, 1.82) is 0 Å². The summed E-state index contributed by atoms with van der Waals surface area (Å²) in [7, 11) is 1.39. The molecule has 2 N–H and O–H groups in total. The lowest BCUT2D eigenvalue weighted by Gasteiger charge is -2.19. The molecule has 0 unspecified atom stereocenters. The van der Waals surface area contributed by atoms with Crippen LogP contribution >= 0.6 is 12.4 Å². The average Bonchev–Trinajstić information content (AvgIpc) is 2.00. The molecule has 80 valence electrons. The molecule has 4 heteroatoms. The molecule has 0 amide bonds. The maximum atomic E-state index is 11.0. The normalized spacial score (nSPS) is 14.6. The molecule has 0 spiro atoms. The highest BCUT2D eigenvalue weighted by molar-refractivity contribution is 5.85. The molecule has 0 aliphatic carbocycles. The van der Waals surface area contributed by atoms with Crippen molar-refractivity contribution in [2.45, 2.75) is 33.2 Å². The Balaban J connectivity index is 0. The third kappa shape index (κ3) is 5.88. The molecule has 0 aromatic rings. The third-order valence-corrected chi connectivity index (χ3v) is 1.96. The highest BCUT2D eigenvalue weighted by atomic mass is 35.5. The topological polar surface area (TPSA) is 52.3 Å². The average molecular weight is 210 g/mol. The first-order chi connectivity index (χ1) is 5.49. The van der Waals surface area contributed by atoms with Gasteiger partial charge < -0.3 is 10.5 Å². The van der Waals surface area contributed by atoms with Crippen molar-refractivity contribution in [3.8, 4) is 0 Å². The number of halogens is 1. The predicted octanol–water partition coefficient (Wildman–Crippen LogP) is 1.59. The zero-order valence-electron chi connectivity index (χ0n) is 8.74. The van der Waals surface area contributed by atoms with Crippen molar-refractivity contribution in [3.05, 3.63) is 0 Å². The van der Waals surface area contributed by atoms with E-state index < -0.39 is 0 Å². The van der Waals surface area contributed by atoms with E-state index in [1.807, 2.05) is 0 Å². The van der Waals surface area contributed by atoms with Gasteiger partial charge in [-0.1, -0.05) is 20.8 Å². The Morgan fingerprint density at radius 3 is 2.15 bits per heavy atom. The summed E-state index contributed by atoms with van der Waals surface area (Å²) in [5.41, 5.74) is 5.79. The molecular weight excluding hydrogens is 190 g/mol. The summed E-state index contributed by atoms with van der Waals surface area (Å²) in [6.07, 6.45) is 0.857. The minimum atomic E-state index is -0.219. The lowest BCUT2D eigenvalue weighted by molar-refractivity contribution is -0.145. The Kier molecular flexibility index (Phi) is 8.37. The van der Waals surface area contributed by atoms with Gasteiger partial charge >= 0.3 is 5.97 Å². The van der Waals surface area contributed by atoms with Crippen molar-refractivity contribution >= 4 is 18.4 Å². The van der Waals surface area contributed by atoms with Crippen molar-refractivity contribution in [2.24, 2.45) is 17.6 Å². The van der Waals surface area contributed by atoms with E-state index in [4.69, 9.17) is 5.73 Å². The zero-order chi connectivity index (χ0) is 9.72. The Bertz CT molecular complexity index is 151. The van der Waals surface area contributed by atoms with Gasteiger partial charge in [-0.3, -0.25) is 4.79 Å². The second kappa shape index (κ2) is 7.15. The number of ether oxygens (including phenoxy) is 1. The van der Waals surface area contributed by atoms with E-state index in [0.717, 1.165) is 6.42 Å². The third-order valence-electron chi connectivity index (χ3n) is 1.96. The van der Waals surface area contributed by atoms with Crippen LogP contribution in [0.4, 0.5) is 0 Å². The smallest absolute Gasteiger partial charge is 0.309 e. The van der Waals surface area contributed by atoms with E-state index in [-0.39, 0.29) is 30.3 Å². The van der Waals surface area contributed by atoms with Crippen LogP contribution in [0.2, 0.25) is 0 Å². The number of esters is 1. The molecule has 0 aliphatic heterocycles. The van der Waals surface area contributed by atoms with E-state index >= 15 is 0 Å². The highest BCUT2D eigenvalue weighted by Gasteiger charge is 2.21. The summed E-state index contributed by atoms with van der Waals surface area (Å²) in [5, 5.41) is 0. The highest BCUT2D eigenvalue weighted by Crippen LogP contribution is 2.11. The molecular formula is C9H20ClNO2. The Morgan fingerprint density at radius 2 is 1.85 bits per heavy atom. The summed E-state index contributed by atoms with van der Waals surface area (Å²) in [4.78, 5) is 11.0. The van der Waals surface area contributed by atoms with Crippen LogP contribution in [0.5, 0.6) is 0 Å². The number of carbonyl (C=O) groups is 1. The molecule has 3 nitrogen and oxygen atoms in total. The molecule has 0 fully saturated rings. The quantitative estimate of drug-likeness (QED) is 0.716. The summed E-state index contributed by atoms with van der Waals surface area (Å²) < 4.78 is 4.60. The first kappa shape index (κ1) is 15.2. The second-order valence-electron chi connectivity index (χ2n) is 3.61. The summed E-state index contributed by atoms with van der Waals surface area (Å²) in [6, 6.07) is -0.0857. The Labute approximate surface area is 86.4 Å². The lowest BCUT2D eigenvalue weighted by atomic mass is 9.94. The fourth-order valence-electron chi connectivity index (χ4n) is 1.11. The first-order valence-corrected chi connectivity index (χ1v) is 4.32. The van der Waals surface area contributed by atoms with Crippen LogP contribution in [0.1, 0.15) is 27.2 Å². The van der Waals surface area contributed by atoms with Crippen LogP contribution in [-0.4, -0.2) is 19.1 Å². The predicted molar refractivity (Wildman–Crippen MR) is 55.9 cm³/mol. The molecule has 0 aliphatic rings. The number of hydrogen-bond acceptors (Lipinski definition) is 3. The fourth-order valence-corrected chi connectivity index (χ4v) is 1.11. The van der Waals surface area contributed by atoms with Crippen molar-refractivity contribution in [1.82, 2.24) is 0 Å². The van der Waals surface area contributed by atoms with Crippen LogP contribution in [0.15, 0.2) is 0 Å². The van der Waals surface area contributed by atoms with Crippen LogP contribution in [0.25, 0.3) is 0 Å². The summed E-state index contributed by atoms with van der Waals surface area (Å²) >= 11 is 0. The van der Waals surface area contributed by atoms with Gasteiger partial charge in [0.25, 0.3) is 0 Å².